The molecule has 0 saturated carbocycles. The second-order valence-electron chi connectivity index (χ2n) is 6.58. The molecule has 0 spiro atoms. The lowest BCUT2D eigenvalue weighted by Gasteiger charge is -2.22. The van der Waals surface area contributed by atoms with Gasteiger partial charge in [-0.25, -0.2) is 0 Å². The molecule has 8 heteroatoms. The molecule has 0 bridgehead atoms. The summed E-state index contributed by atoms with van der Waals surface area (Å²) in [7, 11) is 0. The zero-order valence-electron chi connectivity index (χ0n) is 14.6. The minimum Gasteiger partial charge on any atom is -0.391 e. The first-order valence-electron chi connectivity index (χ1n) is 8.51. The van der Waals surface area contributed by atoms with Crippen molar-refractivity contribution in [2.75, 3.05) is 0 Å². The van der Waals surface area contributed by atoms with Gasteiger partial charge in [0.05, 0.1) is 6.10 Å². The van der Waals surface area contributed by atoms with Crippen molar-refractivity contribution in [3.05, 3.63) is 36.0 Å². The molecule has 138 valence electrons. The molecule has 1 fully saturated rings. The Morgan fingerprint density at radius 1 is 1.04 bits per heavy atom. The van der Waals surface area contributed by atoms with Gasteiger partial charge >= 0.3 is 0 Å². The molecule has 0 radical (unpaired) electrons. The second-order valence-corrected chi connectivity index (χ2v) is 6.58. The van der Waals surface area contributed by atoms with Crippen molar-refractivity contribution in [2.45, 2.75) is 44.5 Å². The summed E-state index contributed by atoms with van der Waals surface area (Å²) >= 11 is 0. The van der Waals surface area contributed by atoms with Crippen molar-refractivity contribution in [2.24, 2.45) is 0 Å². The largest absolute Gasteiger partial charge is 0.391 e. The number of aliphatic hydroxyl groups excluding tert-OH is 1. The molecule has 1 aromatic heterocycles. The van der Waals surface area contributed by atoms with Crippen LogP contribution < -0.4 is 16.0 Å². The SMILES string of the molecule is C[C@@H]1NC(=O)[C@H]([C@@H](C)O)NC(=O)[C@H](Cc2c[nH]c3ccccc23)NC1=O. The fourth-order valence-corrected chi connectivity index (χ4v) is 3.05. The molecule has 4 atom stereocenters. The van der Waals surface area contributed by atoms with E-state index in [1.54, 1.807) is 6.20 Å². The second kappa shape index (κ2) is 7.17. The van der Waals surface area contributed by atoms with Gasteiger partial charge in [0.1, 0.15) is 18.1 Å². The molecular formula is C18H22N4O4. The molecule has 1 aliphatic heterocycles. The number of hydrogen-bond donors (Lipinski definition) is 5. The summed E-state index contributed by atoms with van der Waals surface area (Å²) in [6.07, 6.45) is 0.971. The van der Waals surface area contributed by atoms with Gasteiger partial charge in [-0.05, 0) is 25.5 Å². The van der Waals surface area contributed by atoms with Crippen LogP contribution in [0.15, 0.2) is 30.5 Å². The number of aliphatic hydroxyl groups is 1. The van der Waals surface area contributed by atoms with Gasteiger partial charge in [0, 0.05) is 23.5 Å². The Morgan fingerprint density at radius 2 is 1.77 bits per heavy atom. The van der Waals surface area contributed by atoms with Gasteiger partial charge in [-0.1, -0.05) is 18.2 Å². The van der Waals surface area contributed by atoms with Crippen molar-refractivity contribution in [1.29, 1.82) is 0 Å². The quantitative estimate of drug-likeness (QED) is 0.511. The average Bonchev–Trinajstić information content (AvgIpc) is 3.01. The normalized spacial score (nSPS) is 25.5. The smallest absolute Gasteiger partial charge is 0.245 e. The van der Waals surface area contributed by atoms with E-state index in [2.05, 4.69) is 20.9 Å². The van der Waals surface area contributed by atoms with E-state index in [1.807, 2.05) is 24.3 Å². The van der Waals surface area contributed by atoms with Crippen LogP contribution in [0.25, 0.3) is 10.9 Å². The van der Waals surface area contributed by atoms with E-state index in [-0.39, 0.29) is 6.42 Å². The summed E-state index contributed by atoms with van der Waals surface area (Å²) in [5, 5.41) is 18.5. The first-order chi connectivity index (χ1) is 12.4. The highest BCUT2D eigenvalue weighted by atomic mass is 16.3. The van der Waals surface area contributed by atoms with Gasteiger partial charge in [-0.2, -0.15) is 0 Å². The van der Waals surface area contributed by atoms with Crippen LogP contribution in [0.3, 0.4) is 0 Å². The Morgan fingerprint density at radius 3 is 2.50 bits per heavy atom. The van der Waals surface area contributed by atoms with E-state index in [9.17, 15) is 19.5 Å². The van der Waals surface area contributed by atoms with Crippen molar-refractivity contribution >= 4 is 28.6 Å². The van der Waals surface area contributed by atoms with E-state index in [0.717, 1.165) is 16.5 Å². The maximum atomic E-state index is 12.7. The summed E-state index contributed by atoms with van der Waals surface area (Å²) in [6.45, 7) is 2.95. The number of amides is 3. The van der Waals surface area contributed by atoms with Crippen LogP contribution in [-0.2, 0) is 20.8 Å². The van der Waals surface area contributed by atoms with Gasteiger partial charge < -0.3 is 26.0 Å². The predicted octanol–water partition coefficient (Wildman–Crippen LogP) is -0.421. The maximum Gasteiger partial charge on any atom is 0.245 e. The fraction of sp³-hybridized carbons (Fsp3) is 0.389. The third kappa shape index (κ3) is 3.55. The maximum absolute atomic E-state index is 12.7. The average molecular weight is 358 g/mol. The number of carbonyl (C=O) groups is 3. The molecule has 26 heavy (non-hydrogen) atoms. The Kier molecular flexibility index (Phi) is 4.94. The van der Waals surface area contributed by atoms with Crippen molar-refractivity contribution in [1.82, 2.24) is 20.9 Å². The Balaban J connectivity index is 1.90. The number of nitrogens with one attached hydrogen (secondary N) is 4. The number of hydrogen-bond acceptors (Lipinski definition) is 4. The number of rotatable bonds is 3. The molecule has 3 rings (SSSR count). The molecule has 0 unspecified atom stereocenters. The molecule has 8 nitrogen and oxygen atoms in total. The van der Waals surface area contributed by atoms with Crippen molar-refractivity contribution < 1.29 is 19.5 Å². The molecule has 0 aliphatic carbocycles. The highest BCUT2D eigenvalue weighted by molar-refractivity contribution is 5.97. The minimum atomic E-state index is -1.12. The summed E-state index contributed by atoms with van der Waals surface area (Å²) < 4.78 is 0. The lowest BCUT2D eigenvalue weighted by Crippen LogP contribution is -2.55. The van der Waals surface area contributed by atoms with Crippen LogP contribution in [0, 0.1) is 0 Å². The topological polar surface area (TPSA) is 123 Å². The molecule has 2 aromatic rings. The van der Waals surface area contributed by atoms with Crippen LogP contribution in [0.5, 0.6) is 0 Å². The molecule has 5 N–H and O–H groups in total. The van der Waals surface area contributed by atoms with E-state index >= 15 is 0 Å². The first kappa shape index (κ1) is 17.9. The summed E-state index contributed by atoms with van der Waals surface area (Å²) in [6, 6.07) is 4.86. The standard InChI is InChI=1S/C18H22N4O4/c1-9-16(24)21-14(17(25)22-15(10(2)23)18(26)20-9)7-11-8-19-13-6-4-3-5-12(11)13/h3-6,8-10,14-15,19,23H,7H2,1-2H3,(H,20,26)(H,21,24)(H,22,25)/t9-,10+,14-,15-/m0/s1. The fourth-order valence-electron chi connectivity index (χ4n) is 3.05. The predicted molar refractivity (Wildman–Crippen MR) is 95.1 cm³/mol. The summed E-state index contributed by atoms with van der Waals surface area (Å²) in [5.74, 6) is -1.56. The molecule has 2 heterocycles. The third-order valence-corrected chi connectivity index (χ3v) is 4.55. The van der Waals surface area contributed by atoms with Gasteiger partial charge in [0.2, 0.25) is 17.7 Å². The zero-order valence-corrected chi connectivity index (χ0v) is 14.6. The molecule has 1 aliphatic rings. The number of carbonyl (C=O) groups excluding carboxylic acids is 3. The van der Waals surface area contributed by atoms with Crippen LogP contribution in [-0.4, -0.2) is 52.0 Å². The molecule has 1 aromatic carbocycles. The highest BCUT2D eigenvalue weighted by Crippen LogP contribution is 2.19. The zero-order chi connectivity index (χ0) is 18.8. The highest BCUT2D eigenvalue weighted by Gasteiger charge is 2.34. The number of benzene rings is 1. The van der Waals surface area contributed by atoms with Gasteiger partial charge in [-0.15, -0.1) is 0 Å². The van der Waals surface area contributed by atoms with E-state index in [0.29, 0.717) is 0 Å². The van der Waals surface area contributed by atoms with E-state index < -0.39 is 42.0 Å². The van der Waals surface area contributed by atoms with Gasteiger partial charge in [0.25, 0.3) is 0 Å². The Hall–Kier alpha value is -2.87. The van der Waals surface area contributed by atoms with Crippen molar-refractivity contribution in [3.63, 3.8) is 0 Å². The summed E-state index contributed by atoms with van der Waals surface area (Å²) in [5.41, 5.74) is 1.81. The minimum absolute atomic E-state index is 0.259. The van der Waals surface area contributed by atoms with Crippen molar-refractivity contribution in [3.8, 4) is 0 Å². The number of aromatic nitrogens is 1. The molecular weight excluding hydrogens is 336 g/mol. The number of para-hydroxylation sites is 1. The monoisotopic (exact) mass is 358 g/mol. The van der Waals surface area contributed by atoms with Crippen LogP contribution >= 0.6 is 0 Å². The first-order valence-corrected chi connectivity index (χ1v) is 8.51. The Bertz CT molecular complexity index is 845. The number of H-pyrrole nitrogens is 1. The lowest BCUT2D eigenvalue weighted by molar-refractivity contribution is -0.132. The number of fused-ring (bicyclic) bond motifs is 1. The van der Waals surface area contributed by atoms with Gasteiger partial charge in [0.15, 0.2) is 0 Å². The third-order valence-electron chi connectivity index (χ3n) is 4.55. The lowest BCUT2D eigenvalue weighted by atomic mass is 10.0. The number of aromatic amines is 1. The van der Waals surface area contributed by atoms with E-state index in [4.69, 9.17) is 0 Å². The van der Waals surface area contributed by atoms with Crippen LogP contribution in [0.1, 0.15) is 19.4 Å². The summed E-state index contributed by atoms with van der Waals surface area (Å²) in [4.78, 5) is 40.3. The van der Waals surface area contributed by atoms with Crippen LogP contribution in [0.2, 0.25) is 0 Å². The van der Waals surface area contributed by atoms with Crippen LogP contribution in [0.4, 0.5) is 0 Å². The Labute approximate surface area is 150 Å². The van der Waals surface area contributed by atoms with Gasteiger partial charge in [-0.3, -0.25) is 14.4 Å². The van der Waals surface area contributed by atoms with E-state index in [1.165, 1.54) is 13.8 Å². The molecule has 3 amide bonds. The molecule has 1 saturated heterocycles.